The fourth-order valence-electron chi connectivity index (χ4n) is 8.85. The van der Waals surface area contributed by atoms with Gasteiger partial charge < -0.3 is 14.9 Å². The second-order valence-electron chi connectivity index (χ2n) is 11.8. The van der Waals surface area contributed by atoms with Crippen LogP contribution in [-0.2, 0) is 9.53 Å². The van der Waals surface area contributed by atoms with Crippen LogP contribution in [0.25, 0.3) is 0 Å². The highest BCUT2D eigenvalue weighted by atomic mass is 16.5. The van der Waals surface area contributed by atoms with Gasteiger partial charge in [-0.15, -0.1) is 0 Å². The number of ether oxygens (including phenoxy) is 1. The minimum atomic E-state index is -1.24. The molecule has 33 heavy (non-hydrogen) atoms. The predicted molar refractivity (Wildman–Crippen MR) is 125 cm³/mol. The number of esters is 1. The van der Waals surface area contributed by atoms with Gasteiger partial charge in [-0.05, 0) is 104 Å². The number of benzene rings is 1. The van der Waals surface area contributed by atoms with Crippen molar-refractivity contribution < 1.29 is 24.5 Å². The van der Waals surface area contributed by atoms with Crippen LogP contribution < -0.4 is 0 Å². The minimum absolute atomic E-state index is 0.00256. The van der Waals surface area contributed by atoms with Crippen molar-refractivity contribution in [2.45, 2.75) is 83.8 Å². The van der Waals surface area contributed by atoms with Crippen molar-refractivity contribution in [3.05, 3.63) is 35.9 Å². The molecule has 0 spiro atoms. The van der Waals surface area contributed by atoms with E-state index in [1.165, 1.54) is 6.42 Å². The number of aliphatic hydroxyl groups excluding tert-OH is 1. The Morgan fingerprint density at radius 2 is 1.64 bits per heavy atom. The predicted octanol–water partition coefficient (Wildman–Crippen LogP) is 5.32. The van der Waals surface area contributed by atoms with Crippen molar-refractivity contribution in [3.8, 4) is 0 Å². The number of carboxylic acids is 1. The smallest absolute Gasteiger partial charge is 0.338 e. The highest BCUT2D eigenvalue weighted by Crippen LogP contribution is 2.67. The number of carbonyl (C=O) groups is 2. The molecule has 0 bridgehead atoms. The standard InChI is InChI=1S/C28H38O5/c1-27-14-12-19(33-26(32)17-6-4-3-5-7-17)16-18(27)8-9-20-21-10-11-23(24(29)25(30)31)28(21,2)15-13-22(20)27/h3-7,18-24,29H,8-16H2,1-2H3,(H,30,31)/t18-,19+,20-,21-,22-,23+,24?,27-,28-/m0/s1. The van der Waals surface area contributed by atoms with Crippen molar-refractivity contribution in [1.29, 1.82) is 0 Å². The molecule has 0 amide bonds. The van der Waals surface area contributed by atoms with Crippen LogP contribution in [0.1, 0.15) is 82.0 Å². The van der Waals surface area contributed by atoms with Gasteiger partial charge in [0.15, 0.2) is 6.10 Å². The molecule has 1 aromatic carbocycles. The summed E-state index contributed by atoms with van der Waals surface area (Å²) in [4.78, 5) is 24.1. The first kappa shape index (κ1) is 22.9. The van der Waals surface area contributed by atoms with E-state index in [1.807, 2.05) is 30.3 Å². The molecule has 5 heteroatoms. The second-order valence-corrected chi connectivity index (χ2v) is 11.8. The maximum Gasteiger partial charge on any atom is 0.338 e. The lowest BCUT2D eigenvalue weighted by Gasteiger charge is -2.61. The highest BCUT2D eigenvalue weighted by Gasteiger charge is 2.61. The SMILES string of the molecule is C[C@]12CC[C@@H](OC(=O)c3ccccc3)C[C@@H]1CC[C@@H]1[C@@H]2CC[C@]2(C)[C@@H](C(O)C(=O)O)CC[C@@H]12. The van der Waals surface area contributed by atoms with Crippen molar-refractivity contribution in [2.24, 2.45) is 40.4 Å². The quantitative estimate of drug-likeness (QED) is 0.602. The third kappa shape index (κ3) is 3.71. The van der Waals surface area contributed by atoms with E-state index in [0.717, 1.165) is 51.4 Å². The molecule has 4 aliphatic rings. The molecule has 5 nitrogen and oxygen atoms in total. The summed E-state index contributed by atoms with van der Waals surface area (Å²) in [6, 6.07) is 9.28. The largest absolute Gasteiger partial charge is 0.479 e. The zero-order chi connectivity index (χ0) is 23.4. The Morgan fingerprint density at radius 1 is 0.939 bits per heavy atom. The normalized spacial score (nSPS) is 43.0. The van der Waals surface area contributed by atoms with Gasteiger partial charge in [-0.2, -0.15) is 0 Å². The summed E-state index contributed by atoms with van der Waals surface area (Å²) in [7, 11) is 0. The average molecular weight is 455 g/mol. The molecule has 180 valence electrons. The number of aliphatic carboxylic acids is 1. The molecule has 9 atom stereocenters. The van der Waals surface area contributed by atoms with E-state index in [1.54, 1.807) is 0 Å². The van der Waals surface area contributed by atoms with E-state index in [2.05, 4.69) is 13.8 Å². The topological polar surface area (TPSA) is 83.8 Å². The first-order valence-electron chi connectivity index (χ1n) is 12.9. The molecular weight excluding hydrogens is 416 g/mol. The van der Waals surface area contributed by atoms with Gasteiger partial charge in [-0.25, -0.2) is 9.59 Å². The lowest BCUT2D eigenvalue weighted by molar-refractivity contribution is -0.158. The van der Waals surface area contributed by atoms with Crippen molar-refractivity contribution in [1.82, 2.24) is 0 Å². The van der Waals surface area contributed by atoms with Crippen LogP contribution in [-0.4, -0.2) is 34.4 Å². The Balaban J connectivity index is 1.28. The molecular formula is C28H38O5. The summed E-state index contributed by atoms with van der Waals surface area (Å²) in [5.74, 6) is 0.970. The zero-order valence-corrected chi connectivity index (χ0v) is 19.9. The van der Waals surface area contributed by atoms with Crippen LogP contribution >= 0.6 is 0 Å². The third-order valence-electron chi connectivity index (χ3n) is 10.6. The number of hydrogen-bond acceptors (Lipinski definition) is 4. The van der Waals surface area contributed by atoms with E-state index in [-0.39, 0.29) is 28.8 Å². The molecule has 1 aromatic rings. The summed E-state index contributed by atoms with van der Waals surface area (Å²) < 4.78 is 5.93. The van der Waals surface area contributed by atoms with Crippen LogP contribution in [0.3, 0.4) is 0 Å². The fraction of sp³-hybridized carbons (Fsp3) is 0.714. The zero-order valence-electron chi connectivity index (χ0n) is 19.9. The van der Waals surface area contributed by atoms with Gasteiger partial charge in [-0.1, -0.05) is 32.0 Å². The van der Waals surface area contributed by atoms with Gasteiger partial charge in [0, 0.05) is 5.92 Å². The monoisotopic (exact) mass is 454 g/mol. The lowest BCUT2D eigenvalue weighted by Crippen LogP contribution is -2.55. The maximum absolute atomic E-state index is 12.6. The number of aliphatic hydroxyl groups is 1. The van der Waals surface area contributed by atoms with Gasteiger partial charge >= 0.3 is 11.9 Å². The first-order valence-corrected chi connectivity index (χ1v) is 12.9. The molecule has 4 aliphatic carbocycles. The third-order valence-corrected chi connectivity index (χ3v) is 10.6. The average Bonchev–Trinajstić information content (AvgIpc) is 3.16. The summed E-state index contributed by atoms with van der Waals surface area (Å²) in [5, 5.41) is 19.9. The maximum atomic E-state index is 12.6. The summed E-state index contributed by atoms with van der Waals surface area (Å²) >= 11 is 0. The van der Waals surface area contributed by atoms with Crippen molar-refractivity contribution in [2.75, 3.05) is 0 Å². The number of fused-ring (bicyclic) bond motifs is 5. The van der Waals surface area contributed by atoms with Gasteiger partial charge in [-0.3, -0.25) is 0 Å². The van der Waals surface area contributed by atoms with Crippen LogP contribution in [0, 0.1) is 40.4 Å². The number of rotatable bonds is 4. The highest BCUT2D eigenvalue weighted by molar-refractivity contribution is 5.89. The number of hydrogen-bond donors (Lipinski definition) is 2. The molecule has 0 saturated heterocycles. The summed E-state index contributed by atoms with van der Waals surface area (Å²) in [6.45, 7) is 4.73. The van der Waals surface area contributed by atoms with Crippen molar-refractivity contribution in [3.63, 3.8) is 0 Å². The van der Waals surface area contributed by atoms with Gasteiger partial charge in [0.05, 0.1) is 5.56 Å². The Kier molecular flexibility index (Phi) is 5.83. The molecule has 2 N–H and O–H groups in total. The molecule has 0 radical (unpaired) electrons. The van der Waals surface area contributed by atoms with Gasteiger partial charge in [0.2, 0.25) is 0 Å². The van der Waals surface area contributed by atoms with E-state index < -0.39 is 12.1 Å². The molecule has 0 heterocycles. The Labute approximate surface area is 196 Å². The second kappa shape index (κ2) is 8.41. The van der Waals surface area contributed by atoms with Crippen LogP contribution in [0.5, 0.6) is 0 Å². The summed E-state index contributed by atoms with van der Waals surface area (Å²) in [5.41, 5.74) is 0.828. The lowest BCUT2D eigenvalue weighted by atomic mass is 9.44. The van der Waals surface area contributed by atoms with E-state index in [4.69, 9.17) is 4.74 Å². The molecule has 5 rings (SSSR count). The molecule has 4 saturated carbocycles. The Morgan fingerprint density at radius 3 is 2.36 bits per heavy atom. The van der Waals surface area contributed by atoms with Gasteiger partial charge in [0.1, 0.15) is 6.10 Å². The molecule has 1 unspecified atom stereocenters. The molecule has 0 aliphatic heterocycles. The Bertz CT molecular complexity index is 899. The van der Waals surface area contributed by atoms with E-state index >= 15 is 0 Å². The Hall–Kier alpha value is -1.88. The molecule has 0 aromatic heterocycles. The molecule has 4 fully saturated rings. The van der Waals surface area contributed by atoms with Crippen molar-refractivity contribution >= 4 is 11.9 Å². The number of carbonyl (C=O) groups excluding carboxylic acids is 1. The number of carboxylic acid groups (broad SMARTS) is 1. The van der Waals surface area contributed by atoms with Gasteiger partial charge in [0.25, 0.3) is 0 Å². The first-order chi connectivity index (χ1) is 15.7. The van der Waals surface area contributed by atoms with Crippen LogP contribution in [0.4, 0.5) is 0 Å². The summed E-state index contributed by atoms with van der Waals surface area (Å²) in [6.07, 6.45) is 8.11. The van der Waals surface area contributed by atoms with Crippen LogP contribution in [0.15, 0.2) is 30.3 Å². The van der Waals surface area contributed by atoms with E-state index in [0.29, 0.717) is 29.2 Å². The van der Waals surface area contributed by atoms with Crippen LogP contribution in [0.2, 0.25) is 0 Å². The minimum Gasteiger partial charge on any atom is -0.479 e. The van der Waals surface area contributed by atoms with E-state index in [9.17, 15) is 19.8 Å². The fourth-order valence-corrected chi connectivity index (χ4v) is 8.85.